The van der Waals surface area contributed by atoms with Gasteiger partial charge >= 0.3 is 0 Å². The largest absolute Gasteiger partial charge is 0.273 e. The van der Waals surface area contributed by atoms with E-state index in [4.69, 9.17) is 0 Å². The highest BCUT2D eigenvalue weighted by molar-refractivity contribution is 5.86. The summed E-state index contributed by atoms with van der Waals surface area (Å²) < 4.78 is 0. The molecule has 0 spiro atoms. The van der Waals surface area contributed by atoms with E-state index in [2.05, 4.69) is 21.1 Å². The number of hydrogen-bond acceptors (Lipinski definition) is 4. The van der Waals surface area contributed by atoms with Gasteiger partial charge in [0.05, 0.1) is 0 Å². The van der Waals surface area contributed by atoms with Crippen molar-refractivity contribution in [2.45, 2.75) is 52.4 Å². The van der Waals surface area contributed by atoms with Crippen molar-refractivity contribution in [3.05, 3.63) is 71.8 Å². The fourth-order valence-corrected chi connectivity index (χ4v) is 2.86. The molecule has 0 aliphatic rings. The van der Waals surface area contributed by atoms with Crippen LogP contribution < -0.4 is 10.9 Å². The highest BCUT2D eigenvalue weighted by atomic mass is 16.2. The first-order valence-electron chi connectivity index (χ1n) is 10.2. The van der Waals surface area contributed by atoms with Crippen LogP contribution in [0.1, 0.15) is 50.7 Å². The molecule has 0 bridgehead atoms. The lowest BCUT2D eigenvalue weighted by Gasteiger charge is -2.04. The number of hydrazone groups is 2. The number of rotatable bonds is 11. The summed E-state index contributed by atoms with van der Waals surface area (Å²) in [5, 5.41) is 8.27. The third-order valence-corrected chi connectivity index (χ3v) is 4.41. The van der Waals surface area contributed by atoms with Crippen molar-refractivity contribution in [1.29, 1.82) is 0 Å². The summed E-state index contributed by atoms with van der Waals surface area (Å²) >= 11 is 0. The Morgan fingerprint density at radius 2 is 1.03 bits per heavy atom. The first-order chi connectivity index (χ1) is 14.5. The number of carbonyl (C=O) groups is 2. The van der Waals surface area contributed by atoms with E-state index in [0.717, 1.165) is 22.6 Å². The smallest absolute Gasteiger partial charge is 0.240 e. The van der Waals surface area contributed by atoms with Crippen molar-refractivity contribution < 1.29 is 9.59 Å². The van der Waals surface area contributed by atoms with Crippen molar-refractivity contribution in [3.63, 3.8) is 0 Å². The molecule has 6 heteroatoms. The molecule has 2 aromatic carbocycles. The average molecular weight is 407 g/mol. The molecule has 2 rings (SSSR count). The third-order valence-electron chi connectivity index (χ3n) is 4.41. The maximum absolute atomic E-state index is 11.9. The molecule has 2 amide bonds. The normalized spacial score (nSPS) is 11.8. The molecular formula is C24H30N4O2. The van der Waals surface area contributed by atoms with Crippen LogP contribution in [0.3, 0.4) is 0 Å². The van der Waals surface area contributed by atoms with E-state index in [-0.39, 0.29) is 11.8 Å². The van der Waals surface area contributed by atoms with Gasteiger partial charge in [-0.1, -0.05) is 60.7 Å². The molecule has 6 nitrogen and oxygen atoms in total. The van der Waals surface area contributed by atoms with Gasteiger partial charge in [-0.15, -0.1) is 0 Å². The standard InChI is InChI=1S/C24H30N4O2/c1-19(17-21-11-5-3-6-12-21)25-27-23(29)15-9-10-16-24(30)28-26-20(2)18-22-13-7-4-8-14-22/h3-8,11-14H,9-10,15-18H2,1-2H3,(H,27,29)(H,28,30)/b25-19+,26-20+. The van der Waals surface area contributed by atoms with Crippen LogP contribution in [0.2, 0.25) is 0 Å². The Bertz CT molecular complexity index is 788. The number of hydrogen-bond donors (Lipinski definition) is 2. The Balaban J connectivity index is 1.58. The topological polar surface area (TPSA) is 82.9 Å². The highest BCUT2D eigenvalue weighted by Gasteiger charge is 2.04. The van der Waals surface area contributed by atoms with E-state index in [1.807, 2.05) is 74.5 Å². The van der Waals surface area contributed by atoms with Gasteiger partial charge < -0.3 is 0 Å². The van der Waals surface area contributed by atoms with Gasteiger partial charge in [-0.25, -0.2) is 10.9 Å². The number of benzene rings is 2. The minimum absolute atomic E-state index is 0.139. The van der Waals surface area contributed by atoms with Crippen LogP contribution in [0.15, 0.2) is 70.9 Å². The van der Waals surface area contributed by atoms with Gasteiger partial charge in [-0.3, -0.25) is 9.59 Å². The second kappa shape index (κ2) is 13.0. The van der Waals surface area contributed by atoms with Crippen molar-refractivity contribution in [1.82, 2.24) is 10.9 Å². The molecule has 0 saturated carbocycles. The predicted octanol–water partition coefficient (Wildman–Crippen LogP) is 4.02. The van der Waals surface area contributed by atoms with E-state index >= 15 is 0 Å². The molecule has 0 fully saturated rings. The van der Waals surface area contributed by atoms with Crippen molar-refractivity contribution in [3.8, 4) is 0 Å². The Labute approximate surface area is 178 Å². The van der Waals surface area contributed by atoms with E-state index < -0.39 is 0 Å². The molecular weight excluding hydrogens is 376 g/mol. The molecule has 0 aromatic heterocycles. The third kappa shape index (κ3) is 9.78. The van der Waals surface area contributed by atoms with E-state index in [1.165, 1.54) is 0 Å². The van der Waals surface area contributed by atoms with E-state index in [1.54, 1.807) is 0 Å². The van der Waals surface area contributed by atoms with Gasteiger partial charge in [0.2, 0.25) is 11.8 Å². The molecule has 2 aromatic rings. The highest BCUT2D eigenvalue weighted by Crippen LogP contribution is 2.03. The van der Waals surface area contributed by atoms with Crippen LogP contribution in [0.4, 0.5) is 0 Å². The summed E-state index contributed by atoms with van der Waals surface area (Å²) in [6.45, 7) is 3.77. The van der Waals surface area contributed by atoms with E-state index in [9.17, 15) is 9.59 Å². The van der Waals surface area contributed by atoms with Crippen LogP contribution >= 0.6 is 0 Å². The zero-order valence-electron chi connectivity index (χ0n) is 17.7. The lowest BCUT2D eigenvalue weighted by molar-refractivity contribution is -0.123. The second-order valence-electron chi connectivity index (χ2n) is 7.30. The van der Waals surface area contributed by atoms with Crippen LogP contribution in [0.5, 0.6) is 0 Å². The summed E-state index contributed by atoms with van der Waals surface area (Å²) in [4.78, 5) is 23.8. The van der Waals surface area contributed by atoms with Gasteiger partial charge in [-0.05, 0) is 37.8 Å². The first kappa shape index (κ1) is 23.0. The zero-order chi connectivity index (χ0) is 21.6. The number of carbonyl (C=O) groups excluding carboxylic acids is 2. The molecule has 0 saturated heterocycles. The maximum atomic E-state index is 11.9. The molecule has 158 valence electrons. The fourth-order valence-electron chi connectivity index (χ4n) is 2.86. The minimum Gasteiger partial charge on any atom is -0.273 e. The second-order valence-corrected chi connectivity index (χ2v) is 7.30. The first-order valence-corrected chi connectivity index (χ1v) is 10.2. The van der Waals surface area contributed by atoms with E-state index in [0.29, 0.717) is 38.5 Å². The Morgan fingerprint density at radius 3 is 1.40 bits per heavy atom. The quantitative estimate of drug-likeness (QED) is 0.336. The van der Waals surface area contributed by atoms with Crippen molar-refractivity contribution in [2.24, 2.45) is 10.2 Å². The van der Waals surface area contributed by atoms with Gasteiger partial charge in [0.25, 0.3) is 0 Å². The summed E-state index contributed by atoms with van der Waals surface area (Å²) in [6.07, 6.45) is 3.33. The Morgan fingerprint density at radius 1 is 0.667 bits per heavy atom. The van der Waals surface area contributed by atoms with Crippen molar-refractivity contribution >= 4 is 23.2 Å². The molecule has 30 heavy (non-hydrogen) atoms. The zero-order valence-corrected chi connectivity index (χ0v) is 17.7. The van der Waals surface area contributed by atoms with Crippen LogP contribution in [-0.4, -0.2) is 23.2 Å². The summed E-state index contributed by atoms with van der Waals surface area (Å²) in [5.41, 5.74) is 9.16. The monoisotopic (exact) mass is 406 g/mol. The van der Waals surface area contributed by atoms with Crippen LogP contribution in [-0.2, 0) is 22.4 Å². The summed E-state index contributed by atoms with van der Waals surface area (Å²) in [6, 6.07) is 20.0. The number of amides is 2. The molecule has 0 aliphatic heterocycles. The Hall–Kier alpha value is -3.28. The van der Waals surface area contributed by atoms with Gasteiger partial charge in [-0.2, -0.15) is 10.2 Å². The molecule has 0 atom stereocenters. The van der Waals surface area contributed by atoms with Gasteiger partial charge in [0.1, 0.15) is 0 Å². The summed E-state index contributed by atoms with van der Waals surface area (Å²) in [5.74, 6) is -0.279. The lowest BCUT2D eigenvalue weighted by atomic mass is 10.1. The van der Waals surface area contributed by atoms with Gasteiger partial charge in [0, 0.05) is 37.1 Å². The number of nitrogens with one attached hydrogen (secondary N) is 2. The molecule has 0 heterocycles. The van der Waals surface area contributed by atoms with Gasteiger partial charge in [0.15, 0.2) is 0 Å². The molecule has 2 N–H and O–H groups in total. The fraction of sp³-hybridized carbons (Fsp3) is 0.333. The predicted molar refractivity (Wildman–Crippen MR) is 121 cm³/mol. The maximum Gasteiger partial charge on any atom is 0.240 e. The summed E-state index contributed by atoms with van der Waals surface area (Å²) in [7, 11) is 0. The molecule has 0 aliphatic carbocycles. The minimum atomic E-state index is -0.139. The molecule has 0 unspecified atom stereocenters. The van der Waals surface area contributed by atoms with Crippen LogP contribution in [0, 0.1) is 0 Å². The number of unbranched alkanes of at least 4 members (excludes halogenated alkanes) is 1. The number of nitrogens with zero attached hydrogens (tertiary/aromatic N) is 2. The lowest BCUT2D eigenvalue weighted by Crippen LogP contribution is -2.20. The van der Waals surface area contributed by atoms with Crippen molar-refractivity contribution in [2.75, 3.05) is 0 Å². The average Bonchev–Trinajstić information content (AvgIpc) is 2.75. The molecule has 0 radical (unpaired) electrons. The Kier molecular flexibility index (Phi) is 10.00. The van der Waals surface area contributed by atoms with Crippen LogP contribution in [0.25, 0.3) is 0 Å². The SMILES string of the molecule is C/C(Cc1ccccc1)=N\NC(=O)CCCCC(=O)N/N=C(\C)Cc1ccccc1.